The van der Waals surface area contributed by atoms with Gasteiger partial charge in [-0.3, -0.25) is 9.59 Å². The molecule has 0 heterocycles. The first kappa shape index (κ1) is 16.8. The van der Waals surface area contributed by atoms with Gasteiger partial charge in [-0.05, 0) is 25.1 Å². The minimum absolute atomic E-state index is 0.151. The van der Waals surface area contributed by atoms with Crippen LogP contribution in [0.1, 0.15) is 17.3 Å². The molecule has 0 bridgehead atoms. The van der Waals surface area contributed by atoms with Gasteiger partial charge < -0.3 is 14.8 Å². The number of methoxy groups -OCH3 is 1. The van der Waals surface area contributed by atoms with Gasteiger partial charge in [0.15, 0.2) is 17.6 Å². The predicted octanol–water partition coefficient (Wildman–Crippen LogP) is 1.95. The largest absolute Gasteiger partial charge is 0.493 e. The quantitative estimate of drug-likeness (QED) is 0.816. The van der Waals surface area contributed by atoms with Crippen LogP contribution in [0.15, 0.2) is 18.2 Å². The van der Waals surface area contributed by atoms with Gasteiger partial charge in [-0.2, -0.15) is 13.2 Å². The lowest BCUT2D eigenvalue weighted by molar-refractivity contribution is -0.142. The van der Waals surface area contributed by atoms with Crippen LogP contribution in [-0.4, -0.2) is 38.1 Å². The molecule has 1 N–H and O–H groups in total. The number of halogens is 3. The van der Waals surface area contributed by atoms with Gasteiger partial charge in [-0.25, -0.2) is 0 Å². The number of aldehydes is 1. The first-order valence-corrected chi connectivity index (χ1v) is 5.91. The van der Waals surface area contributed by atoms with Crippen LogP contribution in [0.3, 0.4) is 0 Å². The summed E-state index contributed by atoms with van der Waals surface area (Å²) in [6.07, 6.45) is -5.03. The lowest BCUT2D eigenvalue weighted by atomic mass is 10.2. The van der Waals surface area contributed by atoms with E-state index >= 15 is 0 Å². The Bertz CT molecular complexity index is 517. The zero-order valence-corrected chi connectivity index (χ0v) is 11.4. The van der Waals surface area contributed by atoms with Crippen molar-refractivity contribution in [2.24, 2.45) is 0 Å². The van der Waals surface area contributed by atoms with Crippen LogP contribution in [-0.2, 0) is 4.79 Å². The van der Waals surface area contributed by atoms with Crippen LogP contribution >= 0.6 is 0 Å². The number of ether oxygens (including phenoxy) is 2. The minimum Gasteiger partial charge on any atom is -0.493 e. The van der Waals surface area contributed by atoms with Crippen molar-refractivity contribution in [2.45, 2.75) is 19.2 Å². The number of carbonyl (C=O) groups is 2. The van der Waals surface area contributed by atoms with Gasteiger partial charge in [0, 0.05) is 5.56 Å². The molecule has 1 amide bonds. The third kappa shape index (κ3) is 5.33. The summed E-state index contributed by atoms with van der Waals surface area (Å²) in [7, 11) is 1.34. The Hall–Kier alpha value is -2.25. The fourth-order valence-corrected chi connectivity index (χ4v) is 1.43. The second kappa shape index (κ2) is 6.96. The summed E-state index contributed by atoms with van der Waals surface area (Å²) in [4.78, 5) is 22.1. The van der Waals surface area contributed by atoms with E-state index in [1.54, 1.807) is 5.32 Å². The van der Waals surface area contributed by atoms with E-state index < -0.39 is 24.7 Å². The van der Waals surface area contributed by atoms with Gasteiger partial charge >= 0.3 is 6.18 Å². The third-order valence-electron chi connectivity index (χ3n) is 2.46. The Morgan fingerprint density at radius 1 is 1.38 bits per heavy atom. The first-order chi connectivity index (χ1) is 9.76. The highest BCUT2D eigenvalue weighted by Crippen LogP contribution is 2.28. The molecule has 0 aliphatic carbocycles. The fourth-order valence-electron chi connectivity index (χ4n) is 1.43. The summed E-state index contributed by atoms with van der Waals surface area (Å²) < 4.78 is 46.2. The molecule has 0 saturated heterocycles. The Morgan fingerprint density at radius 3 is 2.57 bits per heavy atom. The monoisotopic (exact) mass is 305 g/mol. The fraction of sp³-hybridized carbons (Fsp3) is 0.385. The standard InChI is InChI=1S/C13H14F3NO4/c1-8(12(19)17-7-13(14,15)16)21-10-4-3-9(6-18)5-11(10)20-2/h3-6,8H,7H2,1-2H3,(H,17,19)/t8-/m1/s1. The Morgan fingerprint density at radius 2 is 2.05 bits per heavy atom. The van der Waals surface area contributed by atoms with Gasteiger partial charge in [0.2, 0.25) is 0 Å². The second-order valence-electron chi connectivity index (χ2n) is 4.12. The molecule has 0 aliphatic rings. The Labute approximate surface area is 119 Å². The van der Waals surface area contributed by atoms with Gasteiger partial charge in [-0.1, -0.05) is 0 Å². The lowest BCUT2D eigenvalue weighted by Gasteiger charge is -2.17. The molecule has 8 heteroatoms. The number of hydrogen-bond donors (Lipinski definition) is 1. The lowest BCUT2D eigenvalue weighted by Crippen LogP contribution is -2.41. The predicted molar refractivity (Wildman–Crippen MR) is 67.5 cm³/mol. The van der Waals surface area contributed by atoms with Crippen molar-refractivity contribution in [1.82, 2.24) is 5.32 Å². The molecular formula is C13H14F3NO4. The highest BCUT2D eigenvalue weighted by atomic mass is 19.4. The molecule has 1 rings (SSSR count). The molecule has 0 saturated carbocycles. The summed E-state index contributed by atoms with van der Waals surface area (Å²) in [5.74, 6) is -0.554. The molecule has 1 atom stereocenters. The van der Waals surface area contributed by atoms with Crippen molar-refractivity contribution in [3.8, 4) is 11.5 Å². The summed E-state index contributed by atoms with van der Waals surface area (Å²) in [5, 5.41) is 1.72. The zero-order chi connectivity index (χ0) is 16.0. The van der Waals surface area contributed by atoms with E-state index in [-0.39, 0.29) is 11.5 Å². The summed E-state index contributed by atoms with van der Waals surface area (Å²) in [6, 6.07) is 4.23. The van der Waals surface area contributed by atoms with E-state index in [9.17, 15) is 22.8 Å². The van der Waals surface area contributed by atoms with Crippen molar-refractivity contribution in [3.05, 3.63) is 23.8 Å². The van der Waals surface area contributed by atoms with Gasteiger partial charge in [0.25, 0.3) is 5.91 Å². The van der Waals surface area contributed by atoms with Crippen LogP contribution < -0.4 is 14.8 Å². The smallest absolute Gasteiger partial charge is 0.405 e. The molecule has 21 heavy (non-hydrogen) atoms. The van der Waals surface area contributed by atoms with E-state index in [2.05, 4.69) is 0 Å². The molecule has 0 unspecified atom stereocenters. The van der Waals surface area contributed by atoms with Crippen LogP contribution in [0.4, 0.5) is 13.2 Å². The number of hydrogen-bond acceptors (Lipinski definition) is 4. The average molecular weight is 305 g/mol. The number of nitrogens with one attached hydrogen (secondary N) is 1. The molecule has 0 aromatic heterocycles. The number of amides is 1. The van der Waals surface area contributed by atoms with Crippen LogP contribution in [0.2, 0.25) is 0 Å². The van der Waals surface area contributed by atoms with Crippen molar-refractivity contribution < 1.29 is 32.2 Å². The van der Waals surface area contributed by atoms with E-state index in [4.69, 9.17) is 9.47 Å². The molecular weight excluding hydrogens is 291 g/mol. The van der Waals surface area contributed by atoms with Crippen molar-refractivity contribution in [2.75, 3.05) is 13.7 Å². The summed E-state index contributed by atoms with van der Waals surface area (Å²) in [5.41, 5.74) is 0.341. The molecule has 1 aromatic rings. The Balaban J connectivity index is 2.72. The maximum Gasteiger partial charge on any atom is 0.405 e. The Kier molecular flexibility index (Phi) is 5.57. The van der Waals surface area contributed by atoms with Crippen LogP contribution in [0.25, 0.3) is 0 Å². The molecule has 0 spiro atoms. The molecule has 0 fully saturated rings. The van der Waals surface area contributed by atoms with E-state index in [0.717, 1.165) is 0 Å². The van der Waals surface area contributed by atoms with Crippen molar-refractivity contribution >= 4 is 12.2 Å². The van der Waals surface area contributed by atoms with Crippen LogP contribution in [0.5, 0.6) is 11.5 Å². The maximum atomic E-state index is 12.0. The highest BCUT2D eigenvalue weighted by Gasteiger charge is 2.29. The number of benzene rings is 1. The SMILES string of the molecule is COc1cc(C=O)ccc1O[C@H](C)C(=O)NCC(F)(F)F. The summed E-state index contributed by atoms with van der Waals surface area (Å²) >= 11 is 0. The highest BCUT2D eigenvalue weighted by molar-refractivity contribution is 5.81. The van der Waals surface area contributed by atoms with E-state index in [1.165, 1.54) is 32.2 Å². The second-order valence-corrected chi connectivity index (χ2v) is 4.12. The number of alkyl halides is 3. The first-order valence-electron chi connectivity index (χ1n) is 5.91. The van der Waals surface area contributed by atoms with Gasteiger partial charge in [-0.15, -0.1) is 0 Å². The number of rotatable bonds is 6. The molecule has 1 aromatic carbocycles. The third-order valence-corrected chi connectivity index (χ3v) is 2.46. The molecule has 116 valence electrons. The van der Waals surface area contributed by atoms with Crippen LogP contribution in [0, 0.1) is 0 Å². The van der Waals surface area contributed by atoms with Crippen molar-refractivity contribution in [3.63, 3.8) is 0 Å². The van der Waals surface area contributed by atoms with E-state index in [1.807, 2.05) is 0 Å². The van der Waals surface area contributed by atoms with E-state index in [0.29, 0.717) is 11.8 Å². The number of carbonyl (C=O) groups excluding carboxylic acids is 2. The molecule has 5 nitrogen and oxygen atoms in total. The normalized spacial score (nSPS) is 12.4. The van der Waals surface area contributed by atoms with Gasteiger partial charge in [0.1, 0.15) is 12.8 Å². The molecule has 0 aliphatic heterocycles. The maximum absolute atomic E-state index is 12.0. The minimum atomic E-state index is -4.49. The zero-order valence-electron chi connectivity index (χ0n) is 11.4. The van der Waals surface area contributed by atoms with Crippen molar-refractivity contribution in [1.29, 1.82) is 0 Å². The topological polar surface area (TPSA) is 64.6 Å². The average Bonchev–Trinajstić information content (AvgIpc) is 2.44. The van der Waals surface area contributed by atoms with Gasteiger partial charge in [0.05, 0.1) is 7.11 Å². The summed E-state index contributed by atoms with van der Waals surface area (Å²) in [6.45, 7) is -0.125. The molecule has 0 radical (unpaired) electrons.